The van der Waals surface area contributed by atoms with E-state index in [9.17, 15) is 27.9 Å². The van der Waals surface area contributed by atoms with Crippen molar-refractivity contribution in [2.75, 3.05) is 6.61 Å². The second kappa shape index (κ2) is 12.7. The molecule has 0 radical (unpaired) electrons. The Balaban J connectivity index is 1.52. The SMILES string of the molecule is CC(C)=CCC/C(C)=C/COC(=O)c1cnn(-c2ccc(-n3cc(-c4cccc(C(=O)O)c4)nn3)cc2)c1C(F)(F)F. The van der Waals surface area contributed by atoms with E-state index in [-0.39, 0.29) is 17.9 Å². The zero-order valence-corrected chi connectivity index (χ0v) is 23.1. The summed E-state index contributed by atoms with van der Waals surface area (Å²) in [5.41, 5.74) is 1.81. The highest BCUT2D eigenvalue weighted by Crippen LogP contribution is 2.34. The summed E-state index contributed by atoms with van der Waals surface area (Å²) >= 11 is 0. The van der Waals surface area contributed by atoms with Crippen molar-refractivity contribution in [2.24, 2.45) is 0 Å². The normalized spacial score (nSPS) is 11.8. The fraction of sp³-hybridized carbons (Fsp3) is 0.233. The molecule has 0 fully saturated rings. The number of ether oxygens (including phenoxy) is 1. The maximum absolute atomic E-state index is 14.1. The van der Waals surface area contributed by atoms with E-state index in [4.69, 9.17) is 4.74 Å². The molecule has 4 aromatic rings. The molecule has 0 saturated carbocycles. The number of benzene rings is 2. The molecule has 0 aliphatic rings. The van der Waals surface area contributed by atoms with E-state index in [1.54, 1.807) is 24.4 Å². The van der Waals surface area contributed by atoms with E-state index in [1.807, 2.05) is 20.8 Å². The van der Waals surface area contributed by atoms with Crippen LogP contribution < -0.4 is 0 Å². The van der Waals surface area contributed by atoms with Crippen LogP contribution in [0.25, 0.3) is 22.6 Å². The van der Waals surface area contributed by atoms with Crippen LogP contribution in [-0.4, -0.2) is 48.4 Å². The van der Waals surface area contributed by atoms with Crippen LogP contribution in [-0.2, 0) is 10.9 Å². The van der Waals surface area contributed by atoms with Gasteiger partial charge in [0.05, 0.1) is 29.3 Å². The molecule has 0 aliphatic carbocycles. The second-order valence-corrected chi connectivity index (χ2v) is 9.74. The highest BCUT2D eigenvalue weighted by atomic mass is 19.4. The third-order valence-electron chi connectivity index (χ3n) is 6.25. The fourth-order valence-electron chi connectivity index (χ4n) is 4.07. The molecule has 0 spiro atoms. The number of carbonyl (C=O) groups is 2. The van der Waals surface area contributed by atoms with Crippen molar-refractivity contribution in [3.63, 3.8) is 0 Å². The van der Waals surface area contributed by atoms with Gasteiger partial charge in [0.25, 0.3) is 0 Å². The number of alkyl halides is 3. The lowest BCUT2D eigenvalue weighted by atomic mass is 10.1. The number of carbonyl (C=O) groups excluding carboxylic acids is 1. The number of aromatic carboxylic acids is 1. The number of hydrogen-bond donors (Lipinski definition) is 1. The Bertz CT molecular complexity index is 1650. The molecule has 4 rings (SSSR count). The van der Waals surface area contributed by atoms with Crippen LogP contribution >= 0.6 is 0 Å². The number of aromatic nitrogens is 5. The van der Waals surface area contributed by atoms with Crippen molar-refractivity contribution in [1.82, 2.24) is 24.8 Å². The minimum atomic E-state index is -4.88. The lowest BCUT2D eigenvalue weighted by Crippen LogP contribution is -2.18. The second-order valence-electron chi connectivity index (χ2n) is 9.74. The molecule has 0 amide bonds. The van der Waals surface area contributed by atoms with Gasteiger partial charge in [-0.05, 0) is 76.1 Å². The zero-order valence-electron chi connectivity index (χ0n) is 23.1. The third-order valence-corrected chi connectivity index (χ3v) is 6.25. The maximum Gasteiger partial charge on any atom is 0.434 e. The van der Waals surface area contributed by atoms with Crippen LogP contribution in [0.4, 0.5) is 13.2 Å². The molecule has 0 aliphatic heterocycles. The van der Waals surface area contributed by atoms with Crippen LogP contribution in [0.2, 0.25) is 0 Å². The van der Waals surface area contributed by atoms with Crippen LogP contribution in [0.5, 0.6) is 0 Å². The van der Waals surface area contributed by atoms with Gasteiger partial charge in [-0.1, -0.05) is 34.6 Å². The third kappa shape index (κ3) is 7.19. The first kappa shape index (κ1) is 30.0. The monoisotopic (exact) mass is 579 g/mol. The van der Waals surface area contributed by atoms with Crippen molar-refractivity contribution in [2.45, 2.75) is 39.8 Å². The first-order valence-corrected chi connectivity index (χ1v) is 12.9. The van der Waals surface area contributed by atoms with Gasteiger partial charge in [0.2, 0.25) is 0 Å². The van der Waals surface area contributed by atoms with Crippen LogP contribution in [0.1, 0.15) is 60.0 Å². The average molecular weight is 580 g/mol. The first-order chi connectivity index (χ1) is 19.9. The fourth-order valence-corrected chi connectivity index (χ4v) is 4.07. The van der Waals surface area contributed by atoms with Crippen LogP contribution in [0.3, 0.4) is 0 Å². The van der Waals surface area contributed by atoms with Gasteiger partial charge in [0.1, 0.15) is 17.9 Å². The number of carboxylic acids is 1. The summed E-state index contributed by atoms with van der Waals surface area (Å²) in [5.74, 6) is -2.20. The summed E-state index contributed by atoms with van der Waals surface area (Å²) in [4.78, 5) is 23.8. The van der Waals surface area contributed by atoms with Crippen LogP contribution in [0, 0.1) is 0 Å². The minimum Gasteiger partial charge on any atom is -0.478 e. The summed E-state index contributed by atoms with van der Waals surface area (Å²) in [6.07, 6.45) is 2.85. The van der Waals surface area contributed by atoms with Crippen molar-refractivity contribution >= 4 is 11.9 Å². The van der Waals surface area contributed by atoms with Crippen molar-refractivity contribution in [1.29, 1.82) is 0 Å². The molecule has 0 atom stereocenters. The van der Waals surface area contributed by atoms with E-state index in [1.165, 1.54) is 46.7 Å². The number of allylic oxidation sites excluding steroid dienone is 3. The van der Waals surface area contributed by atoms with E-state index in [0.29, 0.717) is 21.6 Å². The largest absolute Gasteiger partial charge is 0.478 e. The number of rotatable bonds is 10. The minimum absolute atomic E-state index is 0.0645. The predicted octanol–water partition coefficient (Wildman–Crippen LogP) is 6.69. The molecule has 2 aromatic carbocycles. The molecule has 0 unspecified atom stereocenters. The van der Waals surface area contributed by atoms with Crippen molar-refractivity contribution in [3.05, 3.63) is 101 Å². The lowest BCUT2D eigenvalue weighted by Gasteiger charge is -2.13. The molecule has 42 heavy (non-hydrogen) atoms. The standard InChI is InChI=1S/C30H28F3N5O4/c1-19(2)6-4-7-20(3)14-15-42-29(41)25-17-34-38(27(25)30(31,32)33)24-12-10-23(11-13-24)37-18-26(35-36-37)21-8-5-9-22(16-21)28(39)40/h5-6,8-14,16-18H,4,7,15H2,1-3H3,(H,39,40)/b20-14+. The number of nitrogens with zero attached hydrogens (tertiary/aromatic N) is 5. The molecular formula is C30H28F3N5O4. The quantitative estimate of drug-likeness (QED) is 0.165. The van der Waals surface area contributed by atoms with Gasteiger partial charge in [-0.2, -0.15) is 18.3 Å². The van der Waals surface area contributed by atoms with Gasteiger partial charge in [-0.15, -0.1) is 5.10 Å². The number of esters is 1. The summed E-state index contributed by atoms with van der Waals surface area (Å²) in [6, 6.07) is 12.0. The van der Waals surface area contributed by atoms with Gasteiger partial charge >= 0.3 is 18.1 Å². The van der Waals surface area contributed by atoms with Crippen molar-refractivity contribution in [3.8, 4) is 22.6 Å². The zero-order chi connectivity index (χ0) is 30.4. The van der Waals surface area contributed by atoms with E-state index in [2.05, 4.69) is 21.5 Å². The Hall–Kier alpha value is -5.00. The number of carboxylic acid groups (broad SMARTS) is 1. The van der Waals surface area contributed by atoms with Gasteiger partial charge < -0.3 is 9.84 Å². The Morgan fingerprint density at radius 2 is 1.74 bits per heavy atom. The van der Waals surface area contributed by atoms with Gasteiger partial charge in [0.15, 0.2) is 5.69 Å². The highest BCUT2D eigenvalue weighted by Gasteiger charge is 2.41. The molecule has 0 saturated heterocycles. The molecule has 218 valence electrons. The maximum atomic E-state index is 14.1. The molecule has 12 heteroatoms. The Morgan fingerprint density at radius 3 is 2.40 bits per heavy atom. The first-order valence-electron chi connectivity index (χ1n) is 12.9. The molecule has 2 aromatic heterocycles. The van der Waals surface area contributed by atoms with Crippen molar-refractivity contribution < 1.29 is 32.6 Å². The number of hydrogen-bond acceptors (Lipinski definition) is 6. The lowest BCUT2D eigenvalue weighted by molar-refractivity contribution is -0.143. The average Bonchev–Trinajstić information content (AvgIpc) is 3.61. The van der Waals surface area contributed by atoms with Gasteiger partial charge in [-0.3, -0.25) is 0 Å². The van der Waals surface area contributed by atoms with E-state index >= 15 is 0 Å². The van der Waals surface area contributed by atoms with E-state index in [0.717, 1.165) is 24.6 Å². The summed E-state index contributed by atoms with van der Waals surface area (Å²) in [6.45, 7) is 5.70. The molecular weight excluding hydrogens is 551 g/mol. The van der Waals surface area contributed by atoms with Crippen LogP contribution in [0.15, 0.2) is 84.2 Å². The highest BCUT2D eigenvalue weighted by molar-refractivity contribution is 5.91. The smallest absolute Gasteiger partial charge is 0.434 e. The van der Waals surface area contributed by atoms with E-state index < -0.39 is 29.4 Å². The number of halogens is 3. The summed E-state index contributed by atoms with van der Waals surface area (Å²) < 4.78 is 49.4. The Morgan fingerprint density at radius 1 is 1.02 bits per heavy atom. The molecule has 9 nitrogen and oxygen atoms in total. The molecule has 2 heterocycles. The Kier molecular flexibility index (Phi) is 9.04. The van der Waals surface area contributed by atoms with Gasteiger partial charge in [0, 0.05) is 5.56 Å². The summed E-state index contributed by atoms with van der Waals surface area (Å²) in [7, 11) is 0. The molecule has 1 N–H and O–H groups in total. The topological polar surface area (TPSA) is 112 Å². The van der Waals surface area contributed by atoms with Gasteiger partial charge in [-0.25, -0.2) is 19.0 Å². The Labute approximate surface area is 239 Å². The summed E-state index contributed by atoms with van der Waals surface area (Å²) in [5, 5.41) is 21.1. The molecule has 0 bridgehead atoms. The predicted molar refractivity (Wildman–Crippen MR) is 149 cm³/mol.